The van der Waals surface area contributed by atoms with Gasteiger partial charge in [0.15, 0.2) is 0 Å². The first kappa shape index (κ1) is 21.7. The van der Waals surface area contributed by atoms with Crippen molar-refractivity contribution >= 4 is 0 Å². The van der Waals surface area contributed by atoms with Gasteiger partial charge in [-0.15, -0.1) is 6.58 Å². The van der Waals surface area contributed by atoms with Gasteiger partial charge in [0.2, 0.25) is 0 Å². The van der Waals surface area contributed by atoms with Gasteiger partial charge in [-0.25, -0.2) is 0 Å². The van der Waals surface area contributed by atoms with Crippen molar-refractivity contribution in [3.63, 3.8) is 0 Å². The fraction of sp³-hybridized carbons (Fsp3) is 0.417. The molecule has 0 saturated carbocycles. The van der Waals surface area contributed by atoms with Gasteiger partial charge < -0.3 is 24.4 Å². The van der Waals surface area contributed by atoms with Crippen LogP contribution in [0.4, 0.5) is 0 Å². The molecule has 2 aromatic carbocycles. The van der Waals surface area contributed by atoms with Crippen LogP contribution in [-0.2, 0) is 27.4 Å². The molecule has 0 spiro atoms. The molecule has 0 radical (unpaired) electrons. The Morgan fingerprint density at radius 1 is 1.03 bits per heavy atom. The smallest absolute Gasteiger partial charge is 0.113 e. The highest BCUT2D eigenvalue weighted by Gasteiger charge is 2.46. The van der Waals surface area contributed by atoms with Gasteiger partial charge in [-0.05, 0) is 11.1 Å². The van der Waals surface area contributed by atoms with Crippen LogP contribution in [0.3, 0.4) is 0 Å². The molecule has 0 aliphatic carbocycles. The molecular formula is C24H30O5. The normalized spacial score (nSPS) is 26.2. The van der Waals surface area contributed by atoms with Crippen LogP contribution < -0.4 is 0 Å². The van der Waals surface area contributed by atoms with Crippen molar-refractivity contribution in [1.29, 1.82) is 0 Å². The molecule has 2 N–H and O–H groups in total. The van der Waals surface area contributed by atoms with E-state index in [9.17, 15) is 10.2 Å². The third-order valence-electron chi connectivity index (χ3n) is 5.33. The lowest BCUT2D eigenvalue weighted by Gasteiger charge is -2.30. The van der Waals surface area contributed by atoms with Gasteiger partial charge in [-0.1, -0.05) is 73.7 Å². The molecule has 1 heterocycles. The highest BCUT2D eigenvalue weighted by atomic mass is 16.6. The van der Waals surface area contributed by atoms with Crippen molar-refractivity contribution in [2.45, 2.75) is 50.7 Å². The molecule has 156 valence electrons. The van der Waals surface area contributed by atoms with E-state index in [4.69, 9.17) is 14.2 Å². The van der Waals surface area contributed by atoms with Crippen LogP contribution in [-0.4, -0.2) is 47.3 Å². The van der Waals surface area contributed by atoms with Gasteiger partial charge >= 0.3 is 0 Å². The third-order valence-corrected chi connectivity index (χ3v) is 5.33. The molecule has 3 rings (SSSR count). The van der Waals surface area contributed by atoms with Gasteiger partial charge in [0.05, 0.1) is 32.0 Å². The minimum Gasteiger partial charge on any atom is -0.390 e. The second-order valence-corrected chi connectivity index (χ2v) is 7.48. The number of aliphatic hydroxyl groups is 2. The van der Waals surface area contributed by atoms with Crippen molar-refractivity contribution in [2.75, 3.05) is 6.61 Å². The Bertz CT molecular complexity index is 735. The fourth-order valence-electron chi connectivity index (χ4n) is 3.61. The summed E-state index contributed by atoms with van der Waals surface area (Å²) in [5.74, 6) is -0.206. The van der Waals surface area contributed by atoms with Gasteiger partial charge in [0, 0.05) is 5.92 Å². The zero-order valence-electron chi connectivity index (χ0n) is 16.8. The number of benzene rings is 2. The van der Waals surface area contributed by atoms with Crippen molar-refractivity contribution in [3.8, 4) is 0 Å². The van der Waals surface area contributed by atoms with Crippen LogP contribution in [0.2, 0.25) is 0 Å². The zero-order chi connectivity index (χ0) is 20.6. The Morgan fingerprint density at radius 2 is 1.62 bits per heavy atom. The van der Waals surface area contributed by atoms with Crippen molar-refractivity contribution in [2.24, 2.45) is 5.92 Å². The van der Waals surface area contributed by atoms with Crippen LogP contribution in [0.15, 0.2) is 73.3 Å². The van der Waals surface area contributed by atoms with E-state index in [0.717, 1.165) is 11.1 Å². The van der Waals surface area contributed by atoms with E-state index in [-0.39, 0.29) is 12.5 Å². The summed E-state index contributed by atoms with van der Waals surface area (Å²) in [6.07, 6.45) is -1.57. The summed E-state index contributed by atoms with van der Waals surface area (Å²) in [4.78, 5) is 0. The molecule has 2 aromatic rings. The van der Waals surface area contributed by atoms with Crippen molar-refractivity contribution in [1.82, 2.24) is 0 Å². The zero-order valence-corrected chi connectivity index (χ0v) is 16.8. The molecular weight excluding hydrogens is 368 g/mol. The van der Waals surface area contributed by atoms with Crippen LogP contribution in [0, 0.1) is 5.92 Å². The minimum atomic E-state index is -0.898. The number of rotatable bonds is 10. The van der Waals surface area contributed by atoms with E-state index >= 15 is 0 Å². The van der Waals surface area contributed by atoms with E-state index in [0.29, 0.717) is 13.2 Å². The lowest BCUT2D eigenvalue weighted by Crippen LogP contribution is -2.45. The number of hydrogen-bond donors (Lipinski definition) is 2. The maximum absolute atomic E-state index is 10.9. The van der Waals surface area contributed by atoms with Crippen molar-refractivity contribution < 1.29 is 24.4 Å². The molecule has 1 saturated heterocycles. The Hall–Kier alpha value is -2.02. The number of aliphatic hydroxyl groups excluding tert-OH is 2. The molecule has 6 atom stereocenters. The number of ether oxygens (including phenoxy) is 3. The topological polar surface area (TPSA) is 68.2 Å². The third kappa shape index (κ3) is 5.75. The summed E-state index contributed by atoms with van der Waals surface area (Å²) in [7, 11) is 0. The predicted octanol–water partition coefficient (Wildman–Crippen LogP) is 3.10. The van der Waals surface area contributed by atoms with Crippen LogP contribution >= 0.6 is 0 Å². The highest BCUT2D eigenvalue weighted by Crippen LogP contribution is 2.32. The molecule has 0 unspecified atom stereocenters. The predicted molar refractivity (Wildman–Crippen MR) is 111 cm³/mol. The molecule has 1 fully saturated rings. The van der Waals surface area contributed by atoms with Gasteiger partial charge in [0.1, 0.15) is 18.3 Å². The summed E-state index contributed by atoms with van der Waals surface area (Å²) >= 11 is 0. The fourth-order valence-corrected chi connectivity index (χ4v) is 3.61. The molecule has 5 heteroatoms. The van der Waals surface area contributed by atoms with E-state index in [1.54, 1.807) is 6.08 Å². The molecule has 5 nitrogen and oxygen atoms in total. The average Bonchev–Trinajstić information content (AvgIpc) is 3.04. The van der Waals surface area contributed by atoms with Gasteiger partial charge in [-0.2, -0.15) is 0 Å². The molecule has 1 aliphatic heterocycles. The number of hydrogen-bond acceptors (Lipinski definition) is 5. The quantitative estimate of drug-likeness (QED) is 0.602. The summed E-state index contributed by atoms with van der Waals surface area (Å²) in [5, 5.41) is 21.3. The Morgan fingerprint density at radius 3 is 2.17 bits per heavy atom. The molecule has 1 aliphatic rings. The van der Waals surface area contributed by atoms with Gasteiger partial charge in [0.25, 0.3) is 0 Å². The van der Waals surface area contributed by atoms with Crippen LogP contribution in [0.25, 0.3) is 0 Å². The van der Waals surface area contributed by atoms with E-state index < -0.39 is 30.5 Å². The summed E-state index contributed by atoms with van der Waals surface area (Å²) in [6.45, 7) is 6.48. The van der Waals surface area contributed by atoms with E-state index in [1.807, 2.05) is 67.6 Å². The SMILES string of the molecule is C=C[C@@H]1O[C@H]([C@H](OCc2ccccc2)[C@H](O)COCc2ccccc2)[C@H](C)[C@H]1O. The second-order valence-electron chi connectivity index (χ2n) is 7.48. The lowest BCUT2D eigenvalue weighted by molar-refractivity contribution is -0.143. The maximum Gasteiger partial charge on any atom is 0.113 e. The van der Waals surface area contributed by atoms with Crippen LogP contribution in [0.1, 0.15) is 18.1 Å². The minimum absolute atomic E-state index is 0.107. The molecule has 0 bridgehead atoms. The largest absolute Gasteiger partial charge is 0.390 e. The monoisotopic (exact) mass is 398 g/mol. The first-order chi connectivity index (χ1) is 14.1. The summed E-state index contributed by atoms with van der Waals surface area (Å²) in [5.41, 5.74) is 2.04. The average molecular weight is 398 g/mol. The lowest BCUT2D eigenvalue weighted by atomic mass is 9.92. The maximum atomic E-state index is 10.9. The molecule has 0 aromatic heterocycles. The Labute approximate surface area is 172 Å². The molecule has 0 amide bonds. The van der Waals surface area contributed by atoms with E-state index in [2.05, 4.69) is 6.58 Å². The first-order valence-electron chi connectivity index (χ1n) is 10.0. The van der Waals surface area contributed by atoms with Gasteiger partial charge in [-0.3, -0.25) is 0 Å². The first-order valence-corrected chi connectivity index (χ1v) is 10.0. The standard InChI is InChI=1S/C24H30O5/c1-3-21-22(26)17(2)23(29-21)24(28-15-19-12-8-5-9-13-19)20(25)16-27-14-18-10-6-4-7-11-18/h3-13,17,20-26H,1,14-16H2,2H3/t17-,20-,21+,22-,23+,24-/m1/s1. The van der Waals surface area contributed by atoms with Crippen LogP contribution in [0.5, 0.6) is 0 Å². The Balaban J connectivity index is 1.65. The summed E-state index contributed by atoms with van der Waals surface area (Å²) in [6, 6.07) is 19.6. The van der Waals surface area contributed by atoms with E-state index in [1.165, 1.54) is 0 Å². The molecule has 29 heavy (non-hydrogen) atoms. The second kappa shape index (κ2) is 10.7. The van der Waals surface area contributed by atoms with Crippen molar-refractivity contribution in [3.05, 3.63) is 84.4 Å². The summed E-state index contributed by atoms with van der Waals surface area (Å²) < 4.78 is 17.8. The Kier molecular flexibility index (Phi) is 7.98. The highest BCUT2D eigenvalue weighted by molar-refractivity contribution is 5.14.